The zero-order valence-corrected chi connectivity index (χ0v) is 7.89. The molecule has 0 saturated heterocycles. The number of hydrogen-bond donors (Lipinski definition) is 0. The van der Waals surface area contributed by atoms with Crippen molar-refractivity contribution in [2.75, 3.05) is 0 Å². The topological polar surface area (TPSA) is 25.8 Å². The molecule has 0 fully saturated rings. The maximum Gasteiger partial charge on any atom is 0.212 e. The van der Waals surface area contributed by atoms with E-state index in [1.807, 2.05) is 25.1 Å². The second-order valence-corrected chi connectivity index (χ2v) is 2.62. The van der Waals surface area contributed by atoms with Crippen LogP contribution in [0.5, 0.6) is 0 Å². The van der Waals surface area contributed by atoms with E-state index in [-0.39, 0.29) is 0 Å². The summed E-state index contributed by atoms with van der Waals surface area (Å²) >= 11 is 0. The Balaban J connectivity index is 0.000000140. The second-order valence-electron chi connectivity index (χ2n) is 2.62. The summed E-state index contributed by atoms with van der Waals surface area (Å²) in [6, 6.07) is 10.4. The quantitative estimate of drug-likeness (QED) is 0.597. The summed E-state index contributed by atoms with van der Waals surface area (Å²) in [5.74, 6) is -0.428. The lowest BCUT2D eigenvalue weighted by molar-refractivity contribution is 0.584. The first-order valence-corrected chi connectivity index (χ1v) is 4.23. The van der Waals surface area contributed by atoms with Gasteiger partial charge in [0.1, 0.15) is 0 Å². The number of nitrogens with zero attached hydrogens (tertiary/aromatic N) is 2. The molecule has 0 unspecified atom stereocenters. The normalized spacial score (nSPS) is 8.71. The van der Waals surface area contributed by atoms with Crippen molar-refractivity contribution in [2.24, 2.45) is 0 Å². The first-order chi connectivity index (χ1) is 6.79. The van der Waals surface area contributed by atoms with Crippen molar-refractivity contribution in [3.63, 3.8) is 0 Å². The van der Waals surface area contributed by atoms with Gasteiger partial charge in [-0.05, 0) is 31.2 Å². The Morgan fingerprint density at radius 2 is 1.57 bits per heavy atom. The average molecular weight is 190 g/mol. The molecule has 0 atom stereocenters. The molecule has 0 aliphatic carbocycles. The van der Waals surface area contributed by atoms with Crippen LogP contribution in [0.25, 0.3) is 0 Å². The fourth-order valence-electron chi connectivity index (χ4n) is 0.790. The number of rotatable bonds is 0. The monoisotopic (exact) mass is 190 g/mol. The second kappa shape index (κ2) is 5.80. The maximum atomic E-state index is 11.8. The van der Waals surface area contributed by atoms with Crippen molar-refractivity contribution in [2.45, 2.75) is 6.92 Å². The van der Waals surface area contributed by atoms with Crippen LogP contribution >= 0.6 is 0 Å². The number of halogens is 1. The molecule has 0 spiro atoms. The standard InChI is InChI=1S/C6H7N.C5H4FN/c1-6-4-2-3-5-7-6;6-5-3-1-2-4-7-5/h2-5H,1H3;1-4H. The van der Waals surface area contributed by atoms with Crippen LogP contribution in [0.3, 0.4) is 0 Å². The molecule has 3 heteroatoms. The Kier molecular flexibility index (Phi) is 4.27. The molecule has 0 aliphatic rings. The van der Waals surface area contributed by atoms with Crippen LogP contribution in [0.1, 0.15) is 5.69 Å². The molecule has 0 aliphatic heterocycles. The van der Waals surface area contributed by atoms with E-state index in [0.29, 0.717) is 0 Å². The SMILES string of the molecule is Cc1ccccn1.Fc1ccccn1. The van der Waals surface area contributed by atoms with Crippen LogP contribution in [0, 0.1) is 12.9 Å². The van der Waals surface area contributed by atoms with Gasteiger partial charge in [0, 0.05) is 18.1 Å². The maximum absolute atomic E-state index is 11.8. The molecular formula is C11H11FN2. The summed E-state index contributed by atoms with van der Waals surface area (Å²) in [6.45, 7) is 1.97. The minimum absolute atomic E-state index is 0.428. The fourth-order valence-corrected chi connectivity index (χ4v) is 0.790. The molecule has 0 bridgehead atoms. The Morgan fingerprint density at radius 3 is 1.79 bits per heavy atom. The van der Waals surface area contributed by atoms with E-state index >= 15 is 0 Å². The minimum Gasteiger partial charge on any atom is -0.262 e. The van der Waals surface area contributed by atoms with E-state index < -0.39 is 5.95 Å². The van der Waals surface area contributed by atoms with Gasteiger partial charge < -0.3 is 0 Å². The zero-order valence-electron chi connectivity index (χ0n) is 7.89. The van der Waals surface area contributed by atoms with Crippen molar-refractivity contribution in [1.82, 2.24) is 9.97 Å². The van der Waals surface area contributed by atoms with Crippen molar-refractivity contribution < 1.29 is 4.39 Å². The molecule has 2 nitrogen and oxygen atoms in total. The third kappa shape index (κ3) is 4.30. The summed E-state index contributed by atoms with van der Waals surface area (Å²) in [6.07, 6.45) is 3.20. The van der Waals surface area contributed by atoms with E-state index in [1.54, 1.807) is 18.3 Å². The lowest BCUT2D eigenvalue weighted by Gasteiger charge is -1.82. The van der Waals surface area contributed by atoms with E-state index in [0.717, 1.165) is 5.69 Å². The van der Waals surface area contributed by atoms with Gasteiger partial charge in [-0.1, -0.05) is 12.1 Å². The molecule has 72 valence electrons. The number of pyridine rings is 2. The summed E-state index contributed by atoms with van der Waals surface area (Å²) in [5, 5.41) is 0. The number of hydrogen-bond acceptors (Lipinski definition) is 2. The molecule has 0 aromatic carbocycles. The van der Waals surface area contributed by atoms with Crippen LogP contribution < -0.4 is 0 Å². The summed E-state index contributed by atoms with van der Waals surface area (Å²) in [4.78, 5) is 7.29. The highest BCUT2D eigenvalue weighted by atomic mass is 19.1. The summed E-state index contributed by atoms with van der Waals surface area (Å²) in [7, 11) is 0. The van der Waals surface area contributed by atoms with Crippen molar-refractivity contribution >= 4 is 0 Å². The van der Waals surface area contributed by atoms with Crippen LogP contribution in [0.4, 0.5) is 4.39 Å². The Labute approximate surface area is 82.5 Å². The van der Waals surface area contributed by atoms with Gasteiger partial charge in [0.2, 0.25) is 5.95 Å². The summed E-state index contributed by atoms with van der Waals surface area (Å²) < 4.78 is 11.8. The van der Waals surface area contributed by atoms with Gasteiger partial charge in [-0.2, -0.15) is 4.39 Å². The third-order valence-electron chi connectivity index (χ3n) is 1.44. The number of aryl methyl sites for hydroxylation is 1. The molecule has 2 heterocycles. The molecule has 2 aromatic rings. The highest BCUT2D eigenvalue weighted by molar-refractivity contribution is 4.99. The predicted molar refractivity (Wildman–Crippen MR) is 53.2 cm³/mol. The fraction of sp³-hybridized carbons (Fsp3) is 0.0909. The molecule has 0 saturated carbocycles. The Morgan fingerprint density at radius 1 is 0.929 bits per heavy atom. The van der Waals surface area contributed by atoms with Gasteiger partial charge in [-0.25, -0.2) is 4.98 Å². The van der Waals surface area contributed by atoms with Crippen LogP contribution in [0.15, 0.2) is 48.8 Å². The molecule has 2 rings (SSSR count). The van der Waals surface area contributed by atoms with Gasteiger partial charge in [0.05, 0.1) is 0 Å². The van der Waals surface area contributed by atoms with Gasteiger partial charge >= 0.3 is 0 Å². The molecule has 0 amide bonds. The van der Waals surface area contributed by atoms with Crippen LogP contribution in [-0.4, -0.2) is 9.97 Å². The Hall–Kier alpha value is -1.77. The molecule has 14 heavy (non-hydrogen) atoms. The van der Waals surface area contributed by atoms with Crippen LogP contribution in [0.2, 0.25) is 0 Å². The lowest BCUT2D eigenvalue weighted by Crippen LogP contribution is -1.73. The van der Waals surface area contributed by atoms with Crippen LogP contribution in [-0.2, 0) is 0 Å². The van der Waals surface area contributed by atoms with Gasteiger partial charge in [0.15, 0.2) is 0 Å². The highest BCUT2D eigenvalue weighted by Gasteiger charge is 1.78. The Bertz CT molecular complexity index is 311. The summed E-state index contributed by atoms with van der Waals surface area (Å²) in [5.41, 5.74) is 1.07. The van der Waals surface area contributed by atoms with Crippen molar-refractivity contribution in [3.05, 3.63) is 60.4 Å². The molecular weight excluding hydrogens is 179 g/mol. The third-order valence-corrected chi connectivity index (χ3v) is 1.44. The van der Waals surface area contributed by atoms with E-state index in [1.165, 1.54) is 12.3 Å². The van der Waals surface area contributed by atoms with Crippen molar-refractivity contribution in [3.8, 4) is 0 Å². The van der Waals surface area contributed by atoms with E-state index in [9.17, 15) is 4.39 Å². The zero-order chi connectivity index (χ0) is 10.2. The minimum atomic E-state index is -0.428. The highest BCUT2D eigenvalue weighted by Crippen LogP contribution is 1.86. The lowest BCUT2D eigenvalue weighted by atomic mass is 10.4. The molecule has 0 N–H and O–H groups in total. The van der Waals surface area contributed by atoms with E-state index in [4.69, 9.17) is 0 Å². The van der Waals surface area contributed by atoms with Gasteiger partial charge in [-0.3, -0.25) is 4.98 Å². The van der Waals surface area contributed by atoms with Crippen molar-refractivity contribution in [1.29, 1.82) is 0 Å². The first kappa shape index (κ1) is 10.3. The van der Waals surface area contributed by atoms with E-state index in [2.05, 4.69) is 9.97 Å². The first-order valence-electron chi connectivity index (χ1n) is 4.23. The smallest absolute Gasteiger partial charge is 0.212 e. The predicted octanol–water partition coefficient (Wildman–Crippen LogP) is 2.61. The van der Waals surface area contributed by atoms with Gasteiger partial charge in [-0.15, -0.1) is 0 Å². The average Bonchev–Trinajstić information content (AvgIpc) is 2.21. The largest absolute Gasteiger partial charge is 0.262 e. The van der Waals surface area contributed by atoms with Gasteiger partial charge in [0.25, 0.3) is 0 Å². The molecule has 2 aromatic heterocycles. The molecule has 0 radical (unpaired) electrons. The number of aromatic nitrogens is 2.